The molecule has 0 unspecified atom stereocenters. The summed E-state index contributed by atoms with van der Waals surface area (Å²) in [6.07, 6.45) is -4.47. The van der Waals surface area contributed by atoms with Gasteiger partial charge in [0.05, 0.1) is 5.56 Å². The molecule has 0 bridgehead atoms. The lowest BCUT2D eigenvalue weighted by atomic mass is 10.2. The highest BCUT2D eigenvalue weighted by atomic mass is 28.4. The highest BCUT2D eigenvalue weighted by Gasteiger charge is 2.42. The number of nitrogens with two attached hydrogens (primary N) is 1. The topological polar surface area (TPSA) is 35.2 Å². The van der Waals surface area contributed by atoms with E-state index in [4.69, 9.17) is 10.2 Å². The fourth-order valence-electron chi connectivity index (χ4n) is 1.29. The Morgan fingerprint density at radius 2 is 1.63 bits per heavy atom. The molecule has 2 nitrogen and oxygen atoms in total. The van der Waals surface area contributed by atoms with Crippen molar-refractivity contribution in [3.05, 3.63) is 23.8 Å². The van der Waals surface area contributed by atoms with Crippen LogP contribution in [0.3, 0.4) is 0 Å². The van der Waals surface area contributed by atoms with Crippen molar-refractivity contribution in [2.24, 2.45) is 0 Å². The zero-order valence-corrected chi connectivity index (χ0v) is 12.9. The van der Waals surface area contributed by atoms with Crippen LogP contribution in [0.5, 0.6) is 5.75 Å². The zero-order chi connectivity index (χ0) is 15.1. The summed E-state index contributed by atoms with van der Waals surface area (Å²) in [5.41, 5.74) is 4.70. The predicted octanol–water partition coefficient (Wildman–Crippen LogP) is 4.67. The first-order chi connectivity index (χ1) is 8.34. The molecule has 0 radical (unpaired) electrons. The lowest BCUT2D eigenvalue weighted by Gasteiger charge is -2.37. The van der Waals surface area contributed by atoms with Gasteiger partial charge in [0.1, 0.15) is 5.75 Å². The highest BCUT2D eigenvalue weighted by molar-refractivity contribution is 6.74. The number of hydrogen-bond acceptors (Lipinski definition) is 2. The first-order valence-electron chi connectivity index (χ1n) is 6.00. The van der Waals surface area contributed by atoms with E-state index in [2.05, 4.69) is 0 Å². The molecule has 0 aliphatic carbocycles. The largest absolute Gasteiger partial charge is 0.543 e. The summed E-state index contributed by atoms with van der Waals surface area (Å²) in [7, 11) is -2.31. The minimum absolute atomic E-state index is 0.0786. The maximum absolute atomic E-state index is 13.0. The van der Waals surface area contributed by atoms with Crippen LogP contribution >= 0.6 is 0 Å². The Balaban J connectivity index is 3.23. The number of alkyl halides is 3. The molecule has 0 aliphatic rings. The van der Waals surface area contributed by atoms with Crippen molar-refractivity contribution in [3.63, 3.8) is 0 Å². The Morgan fingerprint density at radius 1 is 1.11 bits per heavy atom. The lowest BCUT2D eigenvalue weighted by Crippen LogP contribution is -2.44. The molecule has 6 heteroatoms. The summed E-state index contributed by atoms with van der Waals surface area (Å²) in [5, 5.41) is -0.169. The second-order valence-corrected chi connectivity index (χ2v) is 10.8. The highest BCUT2D eigenvalue weighted by Crippen LogP contribution is 2.42. The van der Waals surface area contributed by atoms with E-state index in [0.29, 0.717) is 0 Å². The molecule has 1 rings (SSSR count). The van der Waals surface area contributed by atoms with Gasteiger partial charge in [-0.05, 0) is 36.3 Å². The summed E-state index contributed by atoms with van der Waals surface area (Å²) in [4.78, 5) is 0. The average molecular weight is 291 g/mol. The lowest BCUT2D eigenvalue weighted by molar-refractivity contribution is -0.138. The summed E-state index contributed by atoms with van der Waals surface area (Å²) < 4.78 is 44.7. The first-order valence-corrected chi connectivity index (χ1v) is 8.91. The first kappa shape index (κ1) is 15.9. The maximum atomic E-state index is 13.0. The van der Waals surface area contributed by atoms with Crippen LogP contribution in [-0.4, -0.2) is 8.32 Å². The van der Waals surface area contributed by atoms with E-state index in [-0.39, 0.29) is 16.5 Å². The normalized spacial score (nSPS) is 13.5. The van der Waals surface area contributed by atoms with Crippen LogP contribution < -0.4 is 10.2 Å². The summed E-state index contributed by atoms with van der Waals surface area (Å²) in [6.45, 7) is 9.74. The Hall–Kier alpha value is -1.17. The minimum atomic E-state index is -4.47. The second kappa shape index (κ2) is 4.74. The number of halogens is 3. The van der Waals surface area contributed by atoms with Gasteiger partial charge in [0.15, 0.2) is 0 Å². The molecule has 0 aromatic heterocycles. The number of nitrogen functional groups attached to an aromatic ring is 1. The number of hydrogen-bond donors (Lipinski definition) is 1. The van der Waals surface area contributed by atoms with Crippen molar-refractivity contribution in [3.8, 4) is 5.75 Å². The van der Waals surface area contributed by atoms with E-state index < -0.39 is 20.1 Å². The van der Waals surface area contributed by atoms with Crippen LogP contribution in [0.25, 0.3) is 0 Å². The quantitative estimate of drug-likeness (QED) is 0.634. The van der Waals surface area contributed by atoms with Crippen LogP contribution in [-0.2, 0) is 6.18 Å². The van der Waals surface area contributed by atoms with Gasteiger partial charge in [0, 0.05) is 5.69 Å². The van der Waals surface area contributed by atoms with Crippen molar-refractivity contribution in [2.75, 3.05) is 5.73 Å². The number of anilines is 1. The van der Waals surface area contributed by atoms with Crippen LogP contribution in [0.15, 0.2) is 18.2 Å². The van der Waals surface area contributed by atoms with Gasteiger partial charge < -0.3 is 10.2 Å². The Bertz CT molecular complexity index is 464. The molecule has 0 amide bonds. The van der Waals surface area contributed by atoms with Gasteiger partial charge in [-0.1, -0.05) is 20.8 Å². The van der Waals surface area contributed by atoms with Crippen LogP contribution in [0.2, 0.25) is 18.1 Å². The van der Waals surface area contributed by atoms with E-state index in [0.717, 1.165) is 6.07 Å². The molecule has 0 fully saturated rings. The third-order valence-corrected chi connectivity index (χ3v) is 7.82. The molecule has 1 aromatic rings. The van der Waals surface area contributed by atoms with Crippen molar-refractivity contribution in [2.45, 2.75) is 45.1 Å². The average Bonchev–Trinajstić information content (AvgIpc) is 2.17. The molecule has 0 aliphatic heterocycles. The maximum Gasteiger partial charge on any atom is 0.419 e. The van der Waals surface area contributed by atoms with Crippen LogP contribution in [0.1, 0.15) is 26.3 Å². The van der Waals surface area contributed by atoms with E-state index in [1.807, 2.05) is 33.9 Å². The van der Waals surface area contributed by atoms with E-state index >= 15 is 0 Å². The molecule has 19 heavy (non-hydrogen) atoms. The van der Waals surface area contributed by atoms with Gasteiger partial charge in [-0.3, -0.25) is 0 Å². The Labute approximate surface area is 112 Å². The third-order valence-electron chi connectivity index (χ3n) is 3.48. The van der Waals surface area contributed by atoms with Gasteiger partial charge >= 0.3 is 6.18 Å². The monoisotopic (exact) mass is 291 g/mol. The van der Waals surface area contributed by atoms with Gasteiger partial charge in [0.25, 0.3) is 0 Å². The Morgan fingerprint density at radius 3 is 2.05 bits per heavy atom. The summed E-state index contributed by atoms with van der Waals surface area (Å²) >= 11 is 0. The number of benzene rings is 1. The molecule has 0 heterocycles. The second-order valence-electron chi connectivity index (χ2n) is 6.12. The van der Waals surface area contributed by atoms with Gasteiger partial charge in [-0.2, -0.15) is 13.2 Å². The zero-order valence-electron chi connectivity index (χ0n) is 11.9. The standard InChI is InChI=1S/C13H20F3NOSi/c1-12(2,3)19(4,5)18-11-7-6-9(17)8-10(11)13(14,15)16/h6-8H,17H2,1-5H3. The fourth-order valence-corrected chi connectivity index (χ4v) is 2.32. The predicted molar refractivity (Wildman–Crippen MR) is 73.7 cm³/mol. The summed E-state index contributed by atoms with van der Waals surface area (Å²) in [6, 6.07) is 3.65. The van der Waals surface area contributed by atoms with Crippen molar-refractivity contribution in [1.29, 1.82) is 0 Å². The minimum Gasteiger partial charge on any atom is -0.543 e. The summed E-state index contributed by atoms with van der Waals surface area (Å²) in [5.74, 6) is -0.131. The van der Waals surface area contributed by atoms with Crippen LogP contribution in [0.4, 0.5) is 18.9 Å². The van der Waals surface area contributed by atoms with E-state index in [1.54, 1.807) is 0 Å². The molecule has 0 saturated heterocycles. The smallest absolute Gasteiger partial charge is 0.419 e. The van der Waals surface area contributed by atoms with Crippen LogP contribution in [0, 0.1) is 0 Å². The van der Waals surface area contributed by atoms with Gasteiger partial charge in [0.2, 0.25) is 8.32 Å². The molecule has 0 atom stereocenters. The number of rotatable bonds is 2. The molecular formula is C13H20F3NOSi. The van der Waals surface area contributed by atoms with E-state index in [9.17, 15) is 13.2 Å². The Kier molecular flexibility index (Phi) is 3.96. The van der Waals surface area contributed by atoms with Gasteiger partial charge in [-0.15, -0.1) is 0 Å². The molecule has 0 saturated carbocycles. The molecular weight excluding hydrogens is 271 g/mol. The van der Waals surface area contributed by atoms with Crippen molar-refractivity contribution in [1.82, 2.24) is 0 Å². The molecule has 1 aromatic carbocycles. The van der Waals surface area contributed by atoms with Crippen molar-refractivity contribution >= 4 is 14.0 Å². The molecule has 2 N–H and O–H groups in total. The van der Waals surface area contributed by atoms with Gasteiger partial charge in [-0.25, -0.2) is 0 Å². The van der Waals surface area contributed by atoms with Crippen molar-refractivity contribution < 1.29 is 17.6 Å². The van der Waals surface area contributed by atoms with E-state index in [1.165, 1.54) is 12.1 Å². The SMILES string of the molecule is CC(C)(C)[Si](C)(C)Oc1ccc(N)cc1C(F)(F)F. The molecule has 108 valence electrons. The molecule has 0 spiro atoms. The third kappa shape index (κ3) is 3.65. The fraction of sp³-hybridized carbons (Fsp3) is 0.538.